The average molecular weight is 309 g/mol. The zero-order valence-electron chi connectivity index (χ0n) is 13.3. The molecule has 1 rings (SSSR count). The number of ether oxygens (including phenoxy) is 3. The second kappa shape index (κ2) is 8.02. The quantitative estimate of drug-likeness (QED) is 0.345. The second-order valence-corrected chi connectivity index (χ2v) is 4.25. The highest BCUT2D eigenvalue weighted by Gasteiger charge is 2.24. The third kappa shape index (κ3) is 4.21. The summed E-state index contributed by atoms with van der Waals surface area (Å²) in [6, 6.07) is 3.18. The molecule has 22 heavy (non-hydrogen) atoms. The van der Waals surface area contributed by atoms with Crippen molar-refractivity contribution in [2.45, 2.75) is 20.8 Å². The lowest BCUT2D eigenvalue weighted by Gasteiger charge is -2.14. The third-order valence-corrected chi connectivity index (χ3v) is 2.65. The van der Waals surface area contributed by atoms with Crippen LogP contribution >= 0.6 is 0 Å². The van der Waals surface area contributed by atoms with Gasteiger partial charge in [0.05, 0.1) is 19.3 Å². The number of carbonyl (C=O) groups is 2. The number of benzene rings is 1. The van der Waals surface area contributed by atoms with Gasteiger partial charge in [-0.05, 0) is 25.5 Å². The molecule has 0 bridgehead atoms. The molecule has 0 aromatic heterocycles. The van der Waals surface area contributed by atoms with Gasteiger partial charge in [0, 0.05) is 13.0 Å². The predicted molar refractivity (Wildman–Crippen MR) is 79.2 cm³/mol. The van der Waals surface area contributed by atoms with Gasteiger partial charge in [-0.1, -0.05) is 5.16 Å². The Hall–Kier alpha value is -2.57. The summed E-state index contributed by atoms with van der Waals surface area (Å²) in [4.78, 5) is 28.1. The number of hydrogen-bond donors (Lipinski definition) is 0. The van der Waals surface area contributed by atoms with E-state index in [-0.39, 0.29) is 18.1 Å². The minimum atomic E-state index is -0.675. The van der Waals surface area contributed by atoms with Crippen molar-refractivity contribution in [3.63, 3.8) is 0 Å². The number of nitrogens with zero attached hydrogens (tertiary/aromatic N) is 1. The van der Waals surface area contributed by atoms with Crippen LogP contribution in [-0.2, 0) is 19.2 Å². The molecule has 0 N–H and O–H groups in total. The van der Waals surface area contributed by atoms with Crippen molar-refractivity contribution in [2.75, 3.05) is 20.8 Å². The Morgan fingerprint density at radius 1 is 1.23 bits per heavy atom. The van der Waals surface area contributed by atoms with E-state index in [1.807, 2.05) is 0 Å². The maximum absolute atomic E-state index is 12.1. The normalized spacial score (nSPS) is 10.9. The lowest BCUT2D eigenvalue weighted by molar-refractivity contribution is -0.135. The first-order valence-electron chi connectivity index (χ1n) is 6.60. The van der Waals surface area contributed by atoms with Crippen LogP contribution in [0, 0.1) is 6.92 Å². The van der Waals surface area contributed by atoms with E-state index in [4.69, 9.17) is 19.0 Å². The van der Waals surface area contributed by atoms with E-state index >= 15 is 0 Å². The highest BCUT2D eigenvalue weighted by Crippen LogP contribution is 2.30. The molecule has 0 atom stereocenters. The van der Waals surface area contributed by atoms with Gasteiger partial charge in [0.2, 0.25) is 0 Å². The Kier molecular flexibility index (Phi) is 6.37. The first-order chi connectivity index (χ1) is 10.4. The van der Waals surface area contributed by atoms with Crippen molar-refractivity contribution in [1.82, 2.24) is 0 Å². The summed E-state index contributed by atoms with van der Waals surface area (Å²) in [5.41, 5.74) is 0.858. The Labute approximate surface area is 128 Å². The van der Waals surface area contributed by atoms with E-state index < -0.39 is 11.9 Å². The van der Waals surface area contributed by atoms with Crippen molar-refractivity contribution < 1.29 is 28.6 Å². The molecular formula is C15H19NO6. The van der Waals surface area contributed by atoms with Gasteiger partial charge in [-0.2, -0.15) is 0 Å². The minimum absolute atomic E-state index is 0.0826. The molecule has 120 valence electrons. The van der Waals surface area contributed by atoms with E-state index in [1.54, 1.807) is 19.9 Å². The molecule has 0 spiro atoms. The van der Waals surface area contributed by atoms with Crippen LogP contribution in [0.1, 0.15) is 25.0 Å². The van der Waals surface area contributed by atoms with E-state index in [0.29, 0.717) is 16.9 Å². The molecule has 0 amide bonds. The summed E-state index contributed by atoms with van der Waals surface area (Å²) in [6.07, 6.45) is 0. The third-order valence-electron chi connectivity index (χ3n) is 2.65. The van der Waals surface area contributed by atoms with Crippen LogP contribution in [-0.4, -0.2) is 38.5 Å². The molecule has 7 nitrogen and oxygen atoms in total. The molecule has 0 unspecified atom stereocenters. The van der Waals surface area contributed by atoms with Crippen LogP contribution in [0.15, 0.2) is 17.3 Å². The number of esters is 2. The Bertz CT molecular complexity index is 594. The fraction of sp³-hybridized carbons (Fsp3) is 0.400. The number of hydrogen-bond acceptors (Lipinski definition) is 7. The lowest BCUT2D eigenvalue weighted by Crippen LogP contribution is -2.22. The number of aryl methyl sites for hydroxylation is 1. The van der Waals surface area contributed by atoms with E-state index in [0.717, 1.165) is 0 Å². The van der Waals surface area contributed by atoms with Gasteiger partial charge < -0.3 is 19.0 Å². The molecule has 0 saturated heterocycles. The molecule has 1 aromatic carbocycles. The summed E-state index contributed by atoms with van der Waals surface area (Å²) in [5, 5.41) is 3.71. The Balaban J connectivity index is 3.49. The molecule has 1 aromatic rings. The largest absolute Gasteiger partial charge is 0.497 e. The Morgan fingerprint density at radius 3 is 2.41 bits per heavy atom. The maximum Gasteiger partial charge on any atom is 0.361 e. The van der Waals surface area contributed by atoms with E-state index in [1.165, 1.54) is 27.2 Å². The van der Waals surface area contributed by atoms with Gasteiger partial charge in [-0.15, -0.1) is 0 Å². The lowest BCUT2D eigenvalue weighted by atomic mass is 10.0. The average Bonchev–Trinajstić information content (AvgIpc) is 2.45. The predicted octanol–water partition coefficient (Wildman–Crippen LogP) is 1.84. The van der Waals surface area contributed by atoms with Crippen LogP contribution in [0.25, 0.3) is 0 Å². The van der Waals surface area contributed by atoms with Gasteiger partial charge in [0.1, 0.15) is 18.6 Å². The zero-order valence-corrected chi connectivity index (χ0v) is 13.3. The standard InChI is InChI=1S/C15H19NO6/c1-6-21-15(18)14(16-20-5)13-9(2)7-11(19-4)8-12(13)22-10(3)17/h7-8H,6H2,1-5H3/b16-14-. The molecule has 0 aliphatic heterocycles. The SMILES string of the molecule is CCOC(=O)/C(=N\OC)c1c(C)cc(OC)cc1OC(C)=O. The van der Waals surface area contributed by atoms with Gasteiger partial charge in [0.15, 0.2) is 5.71 Å². The fourth-order valence-corrected chi connectivity index (χ4v) is 1.86. The summed E-state index contributed by atoms with van der Waals surface area (Å²) < 4.78 is 15.3. The minimum Gasteiger partial charge on any atom is -0.497 e. The van der Waals surface area contributed by atoms with Crippen molar-refractivity contribution in [1.29, 1.82) is 0 Å². The van der Waals surface area contributed by atoms with Crippen molar-refractivity contribution in [3.8, 4) is 11.5 Å². The van der Waals surface area contributed by atoms with Crippen LogP contribution in [0.4, 0.5) is 0 Å². The van der Waals surface area contributed by atoms with Crippen molar-refractivity contribution in [2.24, 2.45) is 5.16 Å². The smallest absolute Gasteiger partial charge is 0.361 e. The highest BCUT2D eigenvalue weighted by molar-refractivity contribution is 6.44. The van der Waals surface area contributed by atoms with Gasteiger partial charge in [0.25, 0.3) is 0 Å². The number of rotatable bonds is 6. The van der Waals surface area contributed by atoms with E-state index in [2.05, 4.69) is 5.16 Å². The summed E-state index contributed by atoms with van der Waals surface area (Å²) in [5.74, 6) is -0.577. The number of carbonyl (C=O) groups excluding carboxylic acids is 2. The summed E-state index contributed by atoms with van der Waals surface area (Å²) in [6.45, 7) is 4.85. The number of methoxy groups -OCH3 is 1. The van der Waals surface area contributed by atoms with Crippen LogP contribution in [0.5, 0.6) is 11.5 Å². The van der Waals surface area contributed by atoms with Crippen LogP contribution < -0.4 is 9.47 Å². The fourth-order valence-electron chi connectivity index (χ4n) is 1.86. The molecule has 0 radical (unpaired) electrons. The maximum atomic E-state index is 12.1. The molecular weight excluding hydrogens is 290 g/mol. The number of oxime groups is 1. The van der Waals surface area contributed by atoms with Gasteiger partial charge >= 0.3 is 11.9 Å². The summed E-state index contributed by atoms with van der Waals surface area (Å²) >= 11 is 0. The highest BCUT2D eigenvalue weighted by atomic mass is 16.6. The van der Waals surface area contributed by atoms with Crippen LogP contribution in [0.2, 0.25) is 0 Å². The van der Waals surface area contributed by atoms with Crippen LogP contribution in [0.3, 0.4) is 0 Å². The van der Waals surface area contributed by atoms with E-state index in [9.17, 15) is 9.59 Å². The topological polar surface area (TPSA) is 83.4 Å². The molecule has 0 aliphatic carbocycles. The Morgan fingerprint density at radius 2 is 1.91 bits per heavy atom. The first-order valence-corrected chi connectivity index (χ1v) is 6.60. The molecule has 7 heteroatoms. The zero-order chi connectivity index (χ0) is 16.7. The molecule has 0 aliphatic rings. The van der Waals surface area contributed by atoms with Gasteiger partial charge in [-0.25, -0.2) is 4.79 Å². The second-order valence-electron chi connectivity index (χ2n) is 4.25. The van der Waals surface area contributed by atoms with Gasteiger partial charge in [-0.3, -0.25) is 4.79 Å². The molecule has 0 saturated carbocycles. The molecule has 0 heterocycles. The first kappa shape index (κ1) is 17.5. The molecule has 0 fully saturated rings. The van der Waals surface area contributed by atoms with Crippen molar-refractivity contribution in [3.05, 3.63) is 23.3 Å². The monoisotopic (exact) mass is 309 g/mol. The summed E-state index contributed by atoms with van der Waals surface area (Å²) in [7, 11) is 2.80. The van der Waals surface area contributed by atoms with Crippen molar-refractivity contribution >= 4 is 17.7 Å².